The van der Waals surface area contributed by atoms with Gasteiger partial charge in [-0.05, 0) is 37.3 Å². The average molecular weight is 175 g/mol. The van der Waals surface area contributed by atoms with Crippen LogP contribution in [-0.4, -0.2) is 0 Å². The topological polar surface area (TPSA) is 0 Å². The lowest BCUT2D eigenvalue weighted by molar-refractivity contribution is 0.717. The molecular formula is C13H19. The van der Waals surface area contributed by atoms with Gasteiger partial charge in [-0.3, -0.25) is 0 Å². The van der Waals surface area contributed by atoms with Gasteiger partial charge in [-0.15, -0.1) is 0 Å². The molecule has 0 heterocycles. The van der Waals surface area contributed by atoms with Crippen molar-refractivity contribution < 1.29 is 0 Å². The van der Waals surface area contributed by atoms with E-state index in [4.69, 9.17) is 0 Å². The van der Waals surface area contributed by atoms with Crippen LogP contribution < -0.4 is 0 Å². The van der Waals surface area contributed by atoms with Crippen LogP contribution in [0.4, 0.5) is 0 Å². The molecule has 13 heavy (non-hydrogen) atoms. The van der Waals surface area contributed by atoms with Gasteiger partial charge in [0.1, 0.15) is 0 Å². The summed E-state index contributed by atoms with van der Waals surface area (Å²) in [5.74, 6) is 0. The molecule has 0 aliphatic heterocycles. The van der Waals surface area contributed by atoms with Crippen LogP contribution in [0.3, 0.4) is 0 Å². The van der Waals surface area contributed by atoms with E-state index < -0.39 is 0 Å². The van der Waals surface area contributed by atoms with E-state index in [0.717, 1.165) is 6.42 Å². The molecule has 1 rings (SSSR count). The quantitative estimate of drug-likeness (QED) is 0.597. The van der Waals surface area contributed by atoms with Crippen LogP contribution in [0, 0.1) is 6.92 Å². The van der Waals surface area contributed by atoms with Crippen molar-refractivity contribution in [2.45, 2.75) is 39.0 Å². The molecular weight excluding hydrogens is 156 g/mol. The fourth-order valence-corrected chi connectivity index (χ4v) is 1.45. The molecule has 71 valence electrons. The number of hydrogen-bond donors (Lipinski definition) is 0. The minimum Gasteiger partial charge on any atom is -0.0654 e. The third-order valence-electron chi connectivity index (χ3n) is 2.38. The second-order valence-corrected chi connectivity index (χ2v) is 3.52. The van der Waals surface area contributed by atoms with Crippen molar-refractivity contribution in [3.8, 4) is 0 Å². The predicted octanol–water partition coefficient (Wildman–Crippen LogP) is 3.80. The molecule has 1 aromatic rings. The van der Waals surface area contributed by atoms with E-state index in [-0.39, 0.29) is 0 Å². The first kappa shape index (κ1) is 10.3. The molecule has 0 N–H and O–H groups in total. The van der Waals surface area contributed by atoms with Crippen molar-refractivity contribution >= 4 is 0 Å². The fraction of sp³-hybridized carbons (Fsp3) is 0.462. The molecule has 0 fully saturated rings. The van der Waals surface area contributed by atoms with Gasteiger partial charge in [0.05, 0.1) is 0 Å². The maximum absolute atomic E-state index is 3.86. The molecule has 0 aromatic heterocycles. The van der Waals surface area contributed by atoms with E-state index in [1.165, 1.54) is 36.8 Å². The highest BCUT2D eigenvalue weighted by atomic mass is 14.0. The van der Waals surface area contributed by atoms with E-state index in [1.807, 2.05) is 0 Å². The Morgan fingerprint density at radius 2 is 1.62 bits per heavy atom. The van der Waals surface area contributed by atoms with Gasteiger partial charge in [0.2, 0.25) is 0 Å². The lowest BCUT2D eigenvalue weighted by Gasteiger charge is -2.01. The van der Waals surface area contributed by atoms with Crippen LogP contribution in [0.5, 0.6) is 0 Å². The Bertz CT molecular complexity index is 220. The monoisotopic (exact) mass is 175 g/mol. The van der Waals surface area contributed by atoms with Gasteiger partial charge in [-0.1, -0.05) is 44.0 Å². The highest BCUT2D eigenvalue weighted by molar-refractivity contribution is 5.22. The summed E-state index contributed by atoms with van der Waals surface area (Å²) in [6.07, 6.45) is 6.09. The number of aryl methyl sites for hydroxylation is 1. The Morgan fingerprint density at radius 3 is 2.15 bits per heavy atom. The van der Waals surface area contributed by atoms with Crippen molar-refractivity contribution in [2.75, 3.05) is 0 Å². The largest absolute Gasteiger partial charge is 0.0654 e. The van der Waals surface area contributed by atoms with Crippen LogP contribution in [-0.2, 0) is 12.8 Å². The maximum Gasteiger partial charge on any atom is -0.0279 e. The Morgan fingerprint density at radius 1 is 1.00 bits per heavy atom. The smallest absolute Gasteiger partial charge is 0.0279 e. The summed E-state index contributed by atoms with van der Waals surface area (Å²) in [5.41, 5.74) is 2.80. The molecule has 0 nitrogen and oxygen atoms in total. The third kappa shape index (κ3) is 3.63. The maximum atomic E-state index is 3.86. The highest BCUT2D eigenvalue weighted by Gasteiger charge is 1.93. The zero-order valence-electron chi connectivity index (χ0n) is 8.55. The first-order valence-electron chi connectivity index (χ1n) is 5.24. The molecule has 1 radical (unpaired) electrons. The summed E-state index contributed by atoms with van der Waals surface area (Å²) < 4.78 is 0. The molecule has 0 atom stereocenters. The Labute approximate surface area is 82.0 Å². The van der Waals surface area contributed by atoms with Gasteiger partial charge < -0.3 is 0 Å². The zero-order valence-corrected chi connectivity index (χ0v) is 8.55. The van der Waals surface area contributed by atoms with Crippen LogP contribution >= 0.6 is 0 Å². The van der Waals surface area contributed by atoms with Gasteiger partial charge in [0, 0.05) is 0 Å². The standard InChI is InChI=1S/C13H19/c1-3-5-6-7-13-10-8-12(4-2)9-11-13/h8-11H,2-7H2,1H3. The van der Waals surface area contributed by atoms with Gasteiger partial charge in [0.15, 0.2) is 0 Å². The molecule has 1 aromatic carbocycles. The predicted molar refractivity (Wildman–Crippen MR) is 58.7 cm³/mol. The molecule has 0 amide bonds. The first-order chi connectivity index (χ1) is 6.36. The van der Waals surface area contributed by atoms with Crippen molar-refractivity contribution in [3.63, 3.8) is 0 Å². The van der Waals surface area contributed by atoms with E-state index >= 15 is 0 Å². The number of rotatable bonds is 5. The Kier molecular flexibility index (Phi) is 4.59. The molecule has 0 aliphatic rings. The minimum absolute atomic E-state index is 0.898. The summed E-state index contributed by atoms with van der Waals surface area (Å²) in [6, 6.07) is 8.84. The lowest BCUT2D eigenvalue weighted by atomic mass is 10.0. The SMILES string of the molecule is [CH2]Cc1ccc(CCCCC)cc1. The van der Waals surface area contributed by atoms with Crippen LogP contribution in [0.25, 0.3) is 0 Å². The number of unbranched alkanes of at least 4 members (excludes halogenated alkanes) is 2. The van der Waals surface area contributed by atoms with Gasteiger partial charge in [0.25, 0.3) is 0 Å². The van der Waals surface area contributed by atoms with Crippen LogP contribution in [0.2, 0.25) is 0 Å². The van der Waals surface area contributed by atoms with Crippen molar-refractivity contribution in [1.82, 2.24) is 0 Å². The van der Waals surface area contributed by atoms with E-state index in [9.17, 15) is 0 Å². The van der Waals surface area contributed by atoms with E-state index in [1.54, 1.807) is 0 Å². The van der Waals surface area contributed by atoms with Crippen LogP contribution in [0.1, 0.15) is 37.3 Å². The normalized spacial score (nSPS) is 10.3. The van der Waals surface area contributed by atoms with Crippen molar-refractivity contribution in [3.05, 3.63) is 42.3 Å². The molecule has 0 saturated heterocycles. The summed E-state index contributed by atoms with van der Waals surface area (Å²) in [7, 11) is 0. The van der Waals surface area contributed by atoms with Crippen molar-refractivity contribution in [2.24, 2.45) is 0 Å². The molecule has 0 saturated carbocycles. The number of hydrogen-bond acceptors (Lipinski definition) is 0. The Hall–Kier alpha value is -0.780. The second-order valence-electron chi connectivity index (χ2n) is 3.52. The summed E-state index contributed by atoms with van der Waals surface area (Å²) >= 11 is 0. The van der Waals surface area contributed by atoms with Crippen LogP contribution in [0.15, 0.2) is 24.3 Å². The summed E-state index contributed by atoms with van der Waals surface area (Å²) in [6.45, 7) is 6.10. The summed E-state index contributed by atoms with van der Waals surface area (Å²) in [4.78, 5) is 0. The van der Waals surface area contributed by atoms with Gasteiger partial charge >= 0.3 is 0 Å². The zero-order chi connectivity index (χ0) is 9.52. The number of benzene rings is 1. The first-order valence-corrected chi connectivity index (χ1v) is 5.24. The van der Waals surface area contributed by atoms with E-state index in [0.29, 0.717) is 0 Å². The molecule has 0 aliphatic carbocycles. The lowest BCUT2D eigenvalue weighted by Crippen LogP contribution is -1.86. The average Bonchev–Trinajstić information content (AvgIpc) is 2.19. The van der Waals surface area contributed by atoms with E-state index in [2.05, 4.69) is 38.1 Å². The fourth-order valence-electron chi connectivity index (χ4n) is 1.45. The van der Waals surface area contributed by atoms with Crippen molar-refractivity contribution in [1.29, 1.82) is 0 Å². The molecule has 0 spiro atoms. The van der Waals surface area contributed by atoms with Gasteiger partial charge in [-0.25, -0.2) is 0 Å². The minimum atomic E-state index is 0.898. The molecule has 0 bridgehead atoms. The van der Waals surface area contributed by atoms with Gasteiger partial charge in [-0.2, -0.15) is 0 Å². The second kappa shape index (κ2) is 5.80. The Balaban J connectivity index is 2.40. The molecule has 0 unspecified atom stereocenters. The summed E-state index contributed by atoms with van der Waals surface area (Å²) in [5, 5.41) is 0. The highest BCUT2D eigenvalue weighted by Crippen LogP contribution is 2.08. The molecule has 0 heteroatoms. The third-order valence-corrected chi connectivity index (χ3v) is 2.38.